The summed E-state index contributed by atoms with van der Waals surface area (Å²) in [5, 5.41) is 9.73. The van der Waals surface area contributed by atoms with Gasteiger partial charge in [0, 0.05) is 5.33 Å². The Kier molecular flexibility index (Phi) is 4.14. The fourth-order valence-corrected chi connectivity index (χ4v) is 2.03. The summed E-state index contributed by atoms with van der Waals surface area (Å²) < 4.78 is 0. The fraction of sp³-hybridized carbons (Fsp3) is 0.364. The summed E-state index contributed by atoms with van der Waals surface area (Å²) in [7, 11) is 0. The molecule has 0 aliphatic carbocycles. The molecular weight excluding hydrogens is 244 g/mol. The third kappa shape index (κ3) is 2.35. The Morgan fingerprint density at radius 2 is 2.14 bits per heavy atom. The molecule has 0 spiro atoms. The summed E-state index contributed by atoms with van der Waals surface area (Å²) >= 11 is 3.36. The number of rotatable bonds is 4. The predicted octanol–water partition coefficient (Wildman–Crippen LogP) is 3.16. The number of carboxylic acid groups (broad SMARTS) is 1. The van der Waals surface area contributed by atoms with E-state index < -0.39 is 5.97 Å². The lowest BCUT2D eigenvalue weighted by Gasteiger charge is -2.13. The molecule has 1 aromatic rings. The SMILES string of the molecule is CCC(C(=O)O)c1ccccc1CBr. The maximum absolute atomic E-state index is 11.0. The summed E-state index contributed by atoms with van der Waals surface area (Å²) in [6, 6.07) is 7.65. The van der Waals surface area contributed by atoms with Crippen molar-refractivity contribution >= 4 is 21.9 Å². The molecule has 1 rings (SSSR count). The van der Waals surface area contributed by atoms with E-state index in [-0.39, 0.29) is 5.92 Å². The van der Waals surface area contributed by atoms with Crippen molar-refractivity contribution < 1.29 is 9.90 Å². The molecule has 0 aromatic heterocycles. The Hall–Kier alpha value is -0.830. The molecular formula is C11H13BrO2. The standard InChI is InChI=1S/C11H13BrO2/c1-2-9(11(13)14)10-6-4-3-5-8(10)7-12/h3-6,9H,2,7H2,1H3,(H,13,14). The van der Waals surface area contributed by atoms with E-state index in [1.54, 1.807) is 0 Å². The minimum Gasteiger partial charge on any atom is -0.481 e. The van der Waals surface area contributed by atoms with Crippen LogP contribution in [-0.4, -0.2) is 11.1 Å². The predicted molar refractivity (Wildman–Crippen MR) is 59.7 cm³/mol. The summed E-state index contributed by atoms with van der Waals surface area (Å²) in [6.45, 7) is 1.89. The molecule has 3 heteroatoms. The van der Waals surface area contributed by atoms with Gasteiger partial charge in [0.25, 0.3) is 0 Å². The number of alkyl halides is 1. The first-order chi connectivity index (χ1) is 6.70. The van der Waals surface area contributed by atoms with Crippen molar-refractivity contribution in [1.82, 2.24) is 0 Å². The lowest BCUT2D eigenvalue weighted by molar-refractivity contribution is -0.138. The van der Waals surface area contributed by atoms with Gasteiger partial charge in [-0.2, -0.15) is 0 Å². The van der Waals surface area contributed by atoms with Crippen molar-refractivity contribution in [2.45, 2.75) is 24.6 Å². The Balaban J connectivity index is 3.08. The van der Waals surface area contributed by atoms with E-state index in [1.165, 1.54) is 0 Å². The average Bonchev–Trinajstić information content (AvgIpc) is 2.19. The second-order valence-electron chi connectivity index (χ2n) is 3.13. The van der Waals surface area contributed by atoms with Crippen LogP contribution < -0.4 is 0 Å². The molecule has 0 aliphatic heterocycles. The number of carboxylic acids is 1. The molecule has 0 saturated heterocycles. The highest BCUT2D eigenvalue weighted by Gasteiger charge is 2.19. The number of carbonyl (C=O) groups is 1. The van der Waals surface area contributed by atoms with Crippen LogP contribution in [0.5, 0.6) is 0 Å². The number of hydrogen-bond acceptors (Lipinski definition) is 1. The molecule has 76 valence electrons. The van der Waals surface area contributed by atoms with Gasteiger partial charge in [-0.15, -0.1) is 0 Å². The van der Waals surface area contributed by atoms with Gasteiger partial charge in [-0.05, 0) is 17.5 Å². The van der Waals surface area contributed by atoms with Gasteiger partial charge >= 0.3 is 5.97 Å². The van der Waals surface area contributed by atoms with Crippen LogP contribution in [0.3, 0.4) is 0 Å². The number of hydrogen-bond donors (Lipinski definition) is 1. The zero-order chi connectivity index (χ0) is 10.6. The van der Waals surface area contributed by atoms with Gasteiger partial charge in [-0.25, -0.2) is 0 Å². The average molecular weight is 257 g/mol. The van der Waals surface area contributed by atoms with E-state index in [0.29, 0.717) is 11.8 Å². The fourth-order valence-electron chi connectivity index (χ4n) is 1.52. The first-order valence-corrected chi connectivity index (χ1v) is 5.69. The monoisotopic (exact) mass is 256 g/mol. The number of halogens is 1. The van der Waals surface area contributed by atoms with Crippen molar-refractivity contribution in [2.24, 2.45) is 0 Å². The highest BCUT2D eigenvalue weighted by atomic mass is 79.9. The van der Waals surface area contributed by atoms with Crippen LogP contribution in [0.1, 0.15) is 30.4 Å². The minimum atomic E-state index is -0.749. The van der Waals surface area contributed by atoms with Crippen LogP contribution in [0.15, 0.2) is 24.3 Å². The molecule has 1 unspecified atom stereocenters. The molecule has 14 heavy (non-hydrogen) atoms. The molecule has 2 nitrogen and oxygen atoms in total. The molecule has 0 aliphatic rings. The normalized spacial score (nSPS) is 12.4. The van der Waals surface area contributed by atoms with Crippen LogP contribution in [0.4, 0.5) is 0 Å². The summed E-state index contributed by atoms with van der Waals surface area (Å²) in [6.07, 6.45) is 0.624. The second-order valence-corrected chi connectivity index (χ2v) is 3.69. The molecule has 0 amide bonds. The molecule has 0 radical (unpaired) electrons. The minimum absolute atomic E-state index is 0.385. The maximum Gasteiger partial charge on any atom is 0.310 e. The molecule has 1 aromatic carbocycles. The van der Waals surface area contributed by atoms with E-state index in [1.807, 2.05) is 31.2 Å². The molecule has 1 N–H and O–H groups in total. The Morgan fingerprint density at radius 1 is 1.50 bits per heavy atom. The summed E-state index contributed by atoms with van der Waals surface area (Å²) in [4.78, 5) is 11.0. The van der Waals surface area contributed by atoms with Crippen molar-refractivity contribution in [3.8, 4) is 0 Å². The highest BCUT2D eigenvalue weighted by molar-refractivity contribution is 9.08. The van der Waals surface area contributed by atoms with Gasteiger partial charge in [0.2, 0.25) is 0 Å². The van der Waals surface area contributed by atoms with E-state index in [0.717, 1.165) is 11.1 Å². The van der Waals surface area contributed by atoms with E-state index in [2.05, 4.69) is 15.9 Å². The lowest BCUT2D eigenvalue weighted by Crippen LogP contribution is -2.12. The quantitative estimate of drug-likeness (QED) is 0.841. The Bertz CT molecular complexity index is 323. The topological polar surface area (TPSA) is 37.3 Å². The highest BCUT2D eigenvalue weighted by Crippen LogP contribution is 2.24. The van der Waals surface area contributed by atoms with E-state index in [9.17, 15) is 4.79 Å². The van der Waals surface area contributed by atoms with Crippen LogP contribution in [0.25, 0.3) is 0 Å². The van der Waals surface area contributed by atoms with E-state index in [4.69, 9.17) is 5.11 Å². The van der Waals surface area contributed by atoms with Crippen LogP contribution >= 0.6 is 15.9 Å². The molecule has 0 bridgehead atoms. The van der Waals surface area contributed by atoms with Gasteiger partial charge < -0.3 is 5.11 Å². The van der Waals surface area contributed by atoms with Crippen molar-refractivity contribution in [3.05, 3.63) is 35.4 Å². The number of aliphatic carboxylic acids is 1. The Morgan fingerprint density at radius 3 is 2.64 bits per heavy atom. The third-order valence-corrected chi connectivity index (χ3v) is 2.88. The maximum atomic E-state index is 11.0. The van der Waals surface area contributed by atoms with Gasteiger partial charge in [0.15, 0.2) is 0 Å². The van der Waals surface area contributed by atoms with Crippen LogP contribution in [0.2, 0.25) is 0 Å². The summed E-state index contributed by atoms with van der Waals surface area (Å²) in [5.74, 6) is -1.13. The molecule has 1 atom stereocenters. The van der Waals surface area contributed by atoms with E-state index >= 15 is 0 Å². The van der Waals surface area contributed by atoms with Gasteiger partial charge in [-0.3, -0.25) is 4.79 Å². The zero-order valence-electron chi connectivity index (χ0n) is 8.03. The first kappa shape index (κ1) is 11.2. The zero-order valence-corrected chi connectivity index (χ0v) is 9.62. The summed E-state index contributed by atoms with van der Waals surface area (Å²) in [5.41, 5.74) is 1.97. The molecule has 0 fully saturated rings. The third-order valence-electron chi connectivity index (χ3n) is 2.28. The molecule has 0 heterocycles. The van der Waals surface area contributed by atoms with Crippen molar-refractivity contribution in [2.75, 3.05) is 0 Å². The second kappa shape index (κ2) is 5.15. The lowest BCUT2D eigenvalue weighted by atomic mass is 9.93. The first-order valence-electron chi connectivity index (χ1n) is 4.57. The van der Waals surface area contributed by atoms with Crippen LogP contribution in [0, 0.1) is 0 Å². The molecule has 0 saturated carbocycles. The van der Waals surface area contributed by atoms with Crippen molar-refractivity contribution in [1.29, 1.82) is 0 Å². The largest absolute Gasteiger partial charge is 0.481 e. The van der Waals surface area contributed by atoms with Crippen LogP contribution in [-0.2, 0) is 10.1 Å². The van der Waals surface area contributed by atoms with Gasteiger partial charge in [0.05, 0.1) is 5.92 Å². The number of benzene rings is 1. The van der Waals surface area contributed by atoms with Crippen molar-refractivity contribution in [3.63, 3.8) is 0 Å². The van der Waals surface area contributed by atoms with Gasteiger partial charge in [0.1, 0.15) is 0 Å². The van der Waals surface area contributed by atoms with Gasteiger partial charge in [-0.1, -0.05) is 47.1 Å². The Labute approximate surface area is 92.1 Å². The smallest absolute Gasteiger partial charge is 0.310 e.